The second-order valence-corrected chi connectivity index (χ2v) is 10.2. The van der Waals surface area contributed by atoms with E-state index >= 15 is 0 Å². The zero-order valence-corrected chi connectivity index (χ0v) is 19.4. The lowest BCUT2D eigenvalue weighted by Gasteiger charge is -2.39. The van der Waals surface area contributed by atoms with Crippen molar-refractivity contribution < 1.29 is 41.7 Å². The fourth-order valence-corrected chi connectivity index (χ4v) is 4.96. The highest BCUT2D eigenvalue weighted by molar-refractivity contribution is 7.99. The van der Waals surface area contributed by atoms with E-state index in [2.05, 4.69) is 0 Å². The average molecular weight is 476 g/mol. The van der Waals surface area contributed by atoms with Crippen molar-refractivity contribution in [3.05, 3.63) is 24.3 Å². The summed E-state index contributed by atoms with van der Waals surface area (Å²) in [6, 6.07) is 5.73. The molecule has 0 aromatic heterocycles. The lowest BCUT2D eigenvalue weighted by atomic mass is 10.1. The maximum absolute atomic E-state index is 12.2. The average Bonchev–Trinajstić information content (AvgIpc) is 2.65. The summed E-state index contributed by atoms with van der Waals surface area (Å²) in [4.78, 5) is 34.8. The van der Waals surface area contributed by atoms with Crippen LogP contribution in [-0.2, 0) is 38.6 Å². The Hall–Kier alpha value is -2.31. The van der Waals surface area contributed by atoms with Gasteiger partial charge in [0.15, 0.2) is 23.7 Å². The Morgan fingerprint density at radius 3 is 1.90 bits per heavy atom. The molecule has 12 heteroatoms. The monoisotopic (exact) mass is 475 g/mol. The van der Waals surface area contributed by atoms with Gasteiger partial charge in [0.2, 0.25) is 10.0 Å². The number of hydrogen-bond donors (Lipinski definition) is 0. The lowest BCUT2D eigenvalue weighted by Crippen LogP contribution is -2.55. The van der Waals surface area contributed by atoms with Crippen LogP contribution in [0.3, 0.4) is 0 Å². The second-order valence-electron chi connectivity index (χ2n) is 6.87. The molecule has 0 saturated carbocycles. The molecule has 1 heterocycles. The summed E-state index contributed by atoms with van der Waals surface area (Å²) in [5, 5.41) is 0. The van der Waals surface area contributed by atoms with Gasteiger partial charge in [-0.25, -0.2) is 12.7 Å². The predicted molar refractivity (Wildman–Crippen MR) is 111 cm³/mol. The van der Waals surface area contributed by atoms with E-state index in [4.69, 9.17) is 18.9 Å². The number of nitrogens with zero attached hydrogens (tertiary/aromatic N) is 1. The minimum absolute atomic E-state index is 0.0883. The molecule has 0 amide bonds. The summed E-state index contributed by atoms with van der Waals surface area (Å²) < 4.78 is 47.3. The van der Waals surface area contributed by atoms with Crippen LogP contribution in [0, 0.1) is 0 Å². The third kappa shape index (κ3) is 6.58. The number of carbonyl (C=O) groups is 3. The molecule has 0 radical (unpaired) electrons. The van der Waals surface area contributed by atoms with E-state index in [9.17, 15) is 22.8 Å². The number of rotatable bonds is 7. The summed E-state index contributed by atoms with van der Waals surface area (Å²) in [6.45, 7) is 3.61. The highest BCUT2D eigenvalue weighted by Gasteiger charge is 2.47. The minimum Gasteiger partial charge on any atom is -0.476 e. The summed E-state index contributed by atoms with van der Waals surface area (Å²) >= 11 is 1.21. The predicted octanol–water partition coefficient (Wildman–Crippen LogP) is 1.18. The first kappa shape index (κ1) is 25.0. The first-order chi connectivity index (χ1) is 14.4. The molecule has 0 N–H and O–H groups in total. The zero-order valence-electron chi connectivity index (χ0n) is 17.8. The molecule has 1 aromatic rings. The van der Waals surface area contributed by atoms with Gasteiger partial charge in [-0.15, -0.1) is 11.8 Å². The molecule has 172 valence electrons. The Labute approximate surface area is 185 Å². The molecule has 1 fully saturated rings. The van der Waals surface area contributed by atoms with Crippen molar-refractivity contribution in [2.45, 2.75) is 49.4 Å². The van der Waals surface area contributed by atoms with Gasteiger partial charge in [0.1, 0.15) is 5.75 Å². The van der Waals surface area contributed by atoms with Crippen molar-refractivity contribution in [3.63, 3.8) is 0 Å². The fourth-order valence-electron chi connectivity index (χ4n) is 2.85. The van der Waals surface area contributed by atoms with Gasteiger partial charge in [-0.1, -0.05) is 0 Å². The zero-order chi connectivity index (χ0) is 23.3. The van der Waals surface area contributed by atoms with E-state index in [0.717, 1.165) is 4.31 Å². The lowest BCUT2D eigenvalue weighted by molar-refractivity contribution is -0.186. The Morgan fingerprint density at radius 1 is 0.903 bits per heavy atom. The summed E-state index contributed by atoms with van der Waals surface area (Å²) in [6.07, 6.45) is -2.96. The number of hydrogen-bond acceptors (Lipinski definition) is 10. The van der Waals surface area contributed by atoms with Crippen LogP contribution >= 0.6 is 11.8 Å². The van der Waals surface area contributed by atoms with Gasteiger partial charge in [-0.05, 0) is 24.3 Å². The minimum atomic E-state index is -3.60. The van der Waals surface area contributed by atoms with Crippen LogP contribution in [0.2, 0.25) is 0 Å². The van der Waals surface area contributed by atoms with E-state index in [1.54, 1.807) is 0 Å². The summed E-state index contributed by atoms with van der Waals surface area (Å²) in [7, 11) is -0.742. The maximum atomic E-state index is 12.2. The standard InChI is InChI=1S/C19H25NO9S2/c1-11(21)26-16-10-30-19(18(28-13(3)23)17(16)27-12(2)22)29-14-6-8-15(9-7-14)31(24,25)20(4)5/h6-9,16-19H,10H2,1-5H3/t16-,17+,18-,19-/m1/s1. The first-order valence-corrected chi connectivity index (χ1v) is 11.7. The largest absolute Gasteiger partial charge is 0.476 e. The van der Waals surface area contributed by atoms with Crippen LogP contribution < -0.4 is 4.74 Å². The number of benzene rings is 1. The molecule has 0 unspecified atom stereocenters. The van der Waals surface area contributed by atoms with Crippen molar-refractivity contribution in [2.75, 3.05) is 19.8 Å². The molecule has 1 saturated heterocycles. The Bertz CT molecular complexity index is 915. The molecule has 4 atom stereocenters. The van der Waals surface area contributed by atoms with E-state index in [1.165, 1.54) is 70.9 Å². The van der Waals surface area contributed by atoms with Crippen LogP contribution in [0.15, 0.2) is 29.2 Å². The van der Waals surface area contributed by atoms with Gasteiger partial charge < -0.3 is 18.9 Å². The molecule has 0 aliphatic carbocycles. The van der Waals surface area contributed by atoms with Gasteiger partial charge in [-0.3, -0.25) is 14.4 Å². The van der Waals surface area contributed by atoms with Crippen LogP contribution in [0.5, 0.6) is 5.75 Å². The van der Waals surface area contributed by atoms with Crippen molar-refractivity contribution >= 4 is 39.7 Å². The van der Waals surface area contributed by atoms with Crippen molar-refractivity contribution in [3.8, 4) is 5.75 Å². The van der Waals surface area contributed by atoms with Crippen molar-refractivity contribution in [2.24, 2.45) is 0 Å². The van der Waals surface area contributed by atoms with Crippen molar-refractivity contribution in [1.29, 1.82) is 0 Å². The maximum Gasteiger partial charge on any atom is 0.303 e. The van der Waals surface area contributed by atoms with Crippen molar-refractivity contribution in [1.82, 2.24) is 4.31 Å². The molecular formula is C19H25NO9S2. The first-order valence-electron chi connectivity index (χ1n) is 9.24. The van der Waals surface area contributed by atoms with E-state index < -0.39 is 51.7 Å². The van der Waals surface area contributed by atoms with Gasteiger partial charge >= 0.3 is 17.9 Å². The van der Waals surface area contributed by atoms with E-state index in [0.29, 0.717) is 5.75 Å². The molecule has 0 spiro atoms. The Morgan fingerprint density at radius 2 is 1.42 bits per heavy atom. The molecule has 0 bridgehead atoms. The van der Waals surface area contributed by atoms with E-state index in [-0.39, 0.29) is 10.6 Å². The number of sulfonamides is 1. The number of ether oxygens (including phenoxy) is 4. The van der Waals surface area contributed by atoms with Gasteiger partial charge in [0.05, 0.1) is 4.90 Å². The Balaban J connectivity index is 2.28. The quantitative estimate of drug-likeness (QED) is 0.419. The molecule has 1 aliphatic heterocycles. The normalized spacial score (nSPS) is 23.7. The summed E-state index contributed by atoms with van der Waals surface area (Å²) in [5.74, 6) is -1.29. The highest BCUT2D eigenvalue weighted by Crippen LogP contribution is 2.34. The topological polar surface area (TPSA) is 126 Å². The molecule has 1 aromatic carbocycles. The summed E-state index contributed by atoms with van der Waals surface area (Å²) in [5.41, 5.74) is -0.795. The smallest absolute Gasteiger partial charge is 0.303 e. The van der Waals surface area contributed by atoms with Crippen LogP contribution in [-0.4, -0.2) is 74.2 Å². The van der Waals surface area contributed by atoms with Crippen LogP contribution in [0.25, 0.3) is 0 Å². The fraction of sp³-hybridized carbons (Fsp3) is 0.526. The molecule has 2 rings (SSSR count). The number of esters is 3. The molecule has 1 aliphatic rings. The van der Waals surface area contributed by atoms with Gasteiger partial charge in [0, 0.05) is 40.6 Å². The van der Waals surface area contributed by atoms with E-state index in [1.807, 2.05) is 0 Å². The third-order valence-electron chi connectivity index (χ3n) is 4.16. The van der Waals surface area contributed by atoms with Crippen LogP contribution in [0.1, 0.15) is 20.8 Å². The highest BCUT2D eigenvalue weighted by atomic mass is 32.2. The Kier molecular flexibility index (Phi) is 8.32. The second kappa shape index (κ2) is 10.3. The number of carbonyl (C=O) groups excluding carboxylic acids is 3. The molecule has 10 nitrogen and oxygen atoms in total. The SMILES string of the molecule is CC(=O)O[C@@H]1[C@@H](OC(C)=O)[C@H](OC(C)=O)CS[C@H]1Oc1ccc(S(=O)(=O)N(C)C)cc1. The van der Waals surface area contributed by atoms with Gasteiger partial charge in [-0.2, -0.15) is 0 Å². The molecule has 31 heavy (non-hydrogen) atoms. The van der Waals surface area contributed by atoms with Crippen LogP contribution in [0.4, 0.5) is 0 Å². The van der Waals surface area contributed by atoms with Gasteiger partial charge in [0.25, 0.3) is 0 Å². The molecular weight excluding hydrogens is 450 g/mol. The number of thioether (sulfide) groups is 1. The third-order valence-corrected chi connectivity index (χ3v) is 7.20.